The highest BCUT2D eigenvalue weighted by atomic mass is 35.5. The zero-order valence-electron chi connectivity index (χ0n) is 17.9. The summed E-state index contributed by atoms with van der Waals surface area (Å²) in [6.07, 6.45) is -1.82. The number of carbonyl (C=O) groups is 2. The average molecular weight is 584 g/mol. The third-order valence-electron chi connectivity index (χ3n) is 4.59. The molecule has 0 saturated carbocycles. The first-order valence-electron chi connectivity index (χ1n) is 9.78. The number of fused-ring (bicyclic) bond motifs is 1. The largest absolute Gasteiger partial charge is 0.490 e. The first-order chi connectivity index (χ1) is 16.7. The first-order valence-corrected chi connectivity index (χ1v) is 13.3. The van der Waals surface area contributed by atoms with Crippen LogP contribution >= 0.6 is 34.3 Å². The lowest BCUT2D eigenvalue weighted by atomic mass is 10.3. The van der Waals surface area contributed by atoms with Crippen molar-refractivity contribution in [2.45, 2.75) is 25.2 Å². The summed E-state index contributed by atoms with van der Waals surface area (Å²) in [6, 6.07) is 4.51. The maximum atomic E-state index is 12.7. The molecule has 4 N–H and O–H groups in total. The lowest BCUT2D eigenvalue weighted by Crippen LogP contribution is -2.40. The summed E-state index contributed by atoms with van der Waals surface area (Å²) in [5, 5.41) is 8.18. The van der Waals surface area contributed by atoms with Crippen LogP contribution in [-0.4, -0.2) is 59.0 Å². The van der Waals surface area contributed by atoms with Gasteiger partial charge in [-0.05, 0) is 30.7 Å². The molecule has 36 heavy (non-hydrogen) atoms. The van der Waals surface area contributed by atoms with Crippen LogP contribution in [0.15, 0.2) is 29.9 Å². The first kappa shape index (κ1) is 27.8. The van der Waals surface area contributed by atoms with Gasteiger partial charge in [0, 0.05) is 21.7 Å². The van der Waals surface area contributed by atoms with Gasteiger partial charge in [-0.15, -0.1) is 22.7 Å². The number of amides is 1. The number of alkyl halides is 3. The van der Waals surface area contributed by atoms with Crippen LogP contribution in [0.3, 0.4) is 0 Å². The van der Waals surface area contributed by atoms with Gasteiger partial charge in [-0.3, -0.25) is 4.79 Å². The molecule has 1 saturated heterocycles. The Kier molecular flexibility index (Phi) is 8.55. The number of nitrogen functional groups attached to an aromatic ring is 1. The molecule has 0 aliphatic carbocycles. The van der Waals surface area contributed by atoms with Gasteiger partial charge in [0.15, 0.2) is 0 Å². The van der Waals surface area contributed by atoms with Crippen molar-refractivity contribution >= 4 is 78.3 Å². The van der Waals surface area contributed by atoms with Crippen molar-refractivity contribution in [3.8, 4) is 0 Å². The highest BCUT2D eigenvalue weighted by Gasteiger charge is 2.38. The Bertz CT molecular complexity index is 1410. The van der Waals surface area contributed by atoms with E-state index in [1.165, 1.54) is 35.1 Å². The van der Waals surface area contributed by atoms with E-state index in [1.54, 1.807) is 17.0 Å². The molecular weight excluding hydrogens is 567 g/mol. The van der Waals surface area contributed by atoms with Crippen molar-refractivity contribution in [3.05, 3.63) is 44.0 Å². The topological polar surface area (TPSA) is 156 Å². The number of carbonyl (C=O) groups excluding carboxylic acids is 1. The maximum Gasteiger partial charge on any atom is 0.490 e. The van der Waals surface area contributed by atoms with Crippen LogP contribution in [0.25, 0.3) is 16.3 Å². The predicted molar refractivity (Wildman–Crippen MR) is 130 cm³/mol. The average Bonchev–Trinajstić information content (AvgIpc) is 3.48. The minimum Gasteiger partial charge on any atom is -0.475 e. The van der Waals surface area contributed by atoms with Crippen LogP contribution in [0.1, 0.15) is 16.2 Å². The number of rotatable bonds is 6. The molecule has 1 atom stereocenters. The number of aromatic nitrogens is 2. The Labute approximate surface area is 215 Å². The van der Waals surface area contributed by atoms with E-state index in [9.17, 15) is 26.4 Å². The number of carboxylic acid groups (broad SMARTS) is 1. The van der Waals surface area contributed by atoms with Crippen LogP contribution in [0.2, 0.25) is 4.34 Å². The van der Waals surface area contributed by atoms with E-state index in [1.807, 2.05) is 6.07 Å². The van der Waals surface area contributed by atoms with E-state index in [-0.39, 0.29) is 5.91 Å². The molecule has 0 spiro atoms. The Hall–Kier alpha value is -2.79. The van der Waals surface area contributed by atoms with Crippen molar-refractivity contribution in [2.75, 3.05) is 12.3 Å². The molecule has 1 aliphatic rings. The summed E-state index contributed by atoms with van der Waals surface area (Å²) in [4.78, 5) is 33.0. The molecule has 1 amide bonds. The highest BCUT2D eigenvalue weighted by Crippen LogP contribution is 2.29. The predicted octanol–water partition coefficient (Wildman–Crippen LogP) is 3.31. The number of likely N-dealkylation sites (tertiary alicyclic amines) is 1. The molecule has 3 aromatic heterocycles. The maximum absolute atomic E-state index is 12.7. The molecule has 1 aliphatic heterocycles. The number of aliphatic carboxylic acids is 1. The monoisotopic (exact) mass is 583 g/mol. The summed E-state index contributed by atoms with van der Waals surface area (Å²) < 4.78 is 60.2. The Morgan fingerprint density at radius 2 is 2.03 bits per heavy atom. The number of carboxylic acids is 1. The van der Waals surface area contributed by atoms with Crippen LogP contribution in [0.5, 0.6) is 0 Å². The summed E-state index contributed by atoms with van der Waals surface area (Å²) >= 11 is 8.54. The molecule has 4 heterocycles. The van der Waals surface area contributed by atoms with E-state index in [4.69, 9.17) is 27.2 Å². The van der Waals surface area contributed by atoms with E-state index in [0.29, 0.717) is 34.5 Å². The van der Waals surface area contributed by atoms with Gasteiger partial charge in [0.2, 0.25) is 15.9 Å². The SMILES string of the molecule is Nc1ncnc2cc(CN3CC[C@H](NS(=O)(=O)C=Cc4ccc(Cl)s4)C3=O)sc12.O=C(O)C(F)(F)F. The second-order valence-corrected chi connectivity index (χ2v) is 11.7. The number of anilines is 1. The second-order valence-electron chi connectivity index (χ2n) is 7.20. The molecule has 3 aromatic rings. The van der Waals surface area contributed by atoms with E-state index >= 15 is 0 Å². The standard InChI is InChI=1S/C17H16ClN5O3S3.C2HF3O2/c18-14-2-1-10(27-14)4-6-29(25,26)22-12-3-5-23(17(12)24)8-11-7-13-15(28-11)16(19)21-9-20-13;3-2(4,5)1(6)7/h1-2,4,6-7,9,12,22H,3,5,8H2,(H2,19,20,21);(H,6,7)/t12-;/m0./s1. The Balaban J connectivity index is 0.000000454. The van der Waals surface area contributed by atoms with Crippen LogP contribution < -0.4 is 10.5 Å². The molecule has 4 rings (SSSR count). The quantitative estimate of drug-likeness (QED) is 0.399. The summed E-state index contributed by atoms with van der Waals surface area (Å²) in [6.45, 7) is 0.840. The third kappa shape index (κ3) is 7.36. The van der Waals surface area contributed by atoms with Crippen LogP contribution in [0, 0.1) is 0 Å². The number of nitrogens with zero attached hydrogens (tertiary/aromatic N) is 3. The summed E-state index contributed by atoms with van der Waals surface area (Å²) in [5.41, 5.74) is 6.59. The number of hydrogen-bond donors (Lipinski definition) is 3. The number of nitrogens with two attached hydrogens (primary N) is 1. The van der Waals surface area contributed by atoms with Gasteiger partial charge in [-0.1, -0.05) is 11.6 Å². The molecular formula is C19H17ClF3N5O5S3. The van der Waals surface area contributed by atoms with Crippen molar-refractivity contribution < 1.29 is 36.3 Å². The smallest absolute Gasteiger partial charge is 0.475 e. The molecule has 1 fully saturated rings. The third-order valence-corrected chi connectivity index (χ3v) is 8.02. The van der Waals surface area contributed by atoms with Crippen LogP contribution in [-0.2, 0) is 26.2 Å². The minimum absolute atomic E-state index is 0.252. The highest BCUT2D eigenvalue weighted by molar-refractivity contribution is 7.92. The lowest BCUT2D eigenvalue weighted by Gasteiger charge is -2.15. The van der Waals surface area contributed by atoms with Gasteiger partial charge in [0.05, 0.1) is 21.1 Å². The molecule has 194 valence electrons. The van der Waals surface area contributed by atoms with Gasteiger partial charge in [-0.2, -0.15) is 17.9 Å². The van der Waals surface area contributed by atoms with Gasteiger partial charge in [0.25, 0.3) is 0 Å². The fraction of sp³-hybridized carbons (Fsp3) is 0.263. The molecule has 0 aromatic carbocycles. The van der Waals surface area contributed by atoms with Gasteiger partial charge in [0.1, 0.15) is 18.2 Å². The fourth-order valence-electron chi connectivity index (χ4n) is 3.01. The van der Waals surface area contributed by atoms with Gasteiger partial charge >= 0.3 is 12.1 Å². The number of thiophene rings is 2. The van der Waals surface area contributed by atoms with Crippen molar-refractivity contribution in [1.29, 1.82) is 0 Å². The Morgan fingerprint density at radius 1 is 1.33 bits per heavy atom. The molecule has 10 nitrogen and oxygen atoms in total. The van der Waals surface area contributed by atoms with Crippen molar-refractivity contribution in [3.63, 3.8) is 0 Å². The van der Waals surface area contributed by atoms with Gasteiger partial charge in [-0.25, -0.2) is 23.2 Å². The van der Waals surface area contributed by atoms with E-state index in [0.717, 1.165) is 20.5 Å². The number of hydrogen-bond acceptors (Lipinski definition) is 9. The minimum atomic E-state index is -5.08. The fourth-order valence-corrected chi connectivity index (χ4v) is 6.10. The zero-order chi connectivity index (χ0) is 26.7. The van der Waals surface area contributed by atoms with E-state index in [2.05, 4.69) is 14.7 Å². The second kappa shape index (κ2) is 11.1. The number of halogens is 4. The summed E-state index contributed by atoms with van der Waals surface area (Å²) in [7, 11) is -3.76. The molecule has 17 heteroatoms. The van der Waals surface area contributed by atoms with E-state index < -0.39 is 28.2 Å². The molecule has 0 radical (unpaired) electrons. The summed E-state index contributed by atoms with van der Waals surface area (Å²) in [5.74, 6) is -2.60. The van der Waals surface area contributed by atoms with Crippen LogP contribution in [0.4, 0.5) is 19.0 Å². The number of sulfonamides is 1. The zero-order valence-corrected chi connectivity index (χ0v) is 21.1. The molecule has 0 unspecified atom stereocenters. The normalized spacial score (nSPS) is 16.5. The Morgan fingerprint density at radius 3 is 2.61 bits per heavy atom. The van der Waals surface area contributed by atoms with Crippen molar-refractivity contribution in [1.82, 2.24) is 19.6 Å². The van der Waals surface area contributed by atoms with Gasteiger partial charge < -0.3 is 15.7 Å². The number of nitrogens with one attached hydrogen (secondary N) is 1. The lowest BCUT2D eigenvalue weighted by molar-refractivity contribution is -0.192. The molecule has 0 bridgehead atoms. The van der Waals surface area contributed by atoms with Crippen molar-refractivity contribution in [2.24, 2.45) is 0 Å².